The summed E-state index contributed by atoms with van der Waals surface area (Å²) in [7, 11) is 1.34. The zero-order valence-electron chi connectivity index (χ0n) is 17.6. The highest BCUT2D eigenvalue weighted by molar-refractivity contribution is 5.74. The molecular weight excluding hydrogens is 411 g/mol. The average Bonchev–Trinajstić information content (AvgIpc) is 2.81. The second-order valence-electron chi connectivity index (χ2n) is 7.37. The number of aromatic nitrogens is 1. The van der Waals surface area contributed by atoms with Gasteiger partial charge < -0.3 is 14.2 Å². The van der Waals surface area contributed by atoms with E-state index in [4.69, 9.17) is 20.8 Å². The number of benzene rings is 2. The van der Waals surface area contributed by atoms with Gasteiger partial charge in [-0.1, -0.05) is 30.3 Å². The van der Waals surface area contributed by atoms with E-state index in [2.05, 4.69) is 9.83 Å². The Bertz CT molecular complexity index is 1200. The van der Waals surface area contributed by atoms with Gasteiger partial charge in [-0.15, -0.1) is 0 Å². The molecule has 162 valence electrons. The first kappa shape index (κ1) is 21.5. The number of carbonyl (C=O) groups is 1. The molecule has 7 heteroatoms. The number of hydrogen-bond acceptors (Lipinski definition) is 5. The molecule has 0 saturated carbocycles. The lowest BCUT2D eigenvalue weighted by atomic mass is 9.99. The van der Waals surface area contributed by atoms with Gasteiger partial charge in [0.15, 0.2) is 5.69 Å². The van der Waals surface area contributed by atoms with E-state index in [-0.39, 0.29) is 31.3 Å². The van der Waals surface area contributed by atoms with Gasteiger partial charge in [0.05, 0.1) is 33.3 Å². The Balaban J connectivity index is 1.75. The maximum absolute atomic E-state index is 14.6. The van der Waals surface area contributed by atoms with Crippen LogP contribution in [0.15, 0.2) is 48.5 Å². The molecule has 0 saturated heterocycles. The van der Waals surface area contributed by atoms with Crippen molar-refractivity contribution in [2.45, 2.75) is 26.1 Å². The molecule has 4 bridgehead atoms. The monoisotopic (exact) mass is 432 g/mol. The smallest absolute Gasteiger partial charge is 0.309 e. The van der Waals surface area contributed by atoms with Gasteiger partial charge in [-0.25, -0.2) is 14.2 Å². The predicted octanol–water partition coefficient (Wildman–Crippen LogP) is 4.81. The third-order valence-corrected chi connectivity index (χ3v) is 5.33. The zero-order chi connectivity index (χ0) is 22.5. The summed E-state index contributed by atoms with van der Waals surface area (Å²) >= 11 is 0. The first-order chi connectivity index (χ1) is 15.6. The summed E-state index contributed by atoms with van der Waals surface area (Å²) in [5, 5.41) is 0. The van der Waals surface area contributed by atoms with Crippen molar-refractivity contribution in [2.75, 3.05) is 13.7 Å². The van der Waals surface area contributed by atoms with E-state index in [0.29, 0.717) is 30.2 Å². The van der Waals surface area contributed by atoms with E-state index in [1.807, 2.05) is 12.1 Å². The van der Waals surface area contributed by atoms with Gasteiger partial charge >= 0.3 is 5.97 Å². The van der Waals surface area contributed by atoms with Crippen molar-refractivity contribution in [3.8, 4) is 17.1 Å². The summed E-state index contributed by atoms with van der Waals surface area (Å²) in [5.74, 6) is -0.539. The fourth-order valence-corrected chi connectivity index (χ4v) is 3.59. The normalized spacial score (nSPS) is 13.2. The van der Waals surface area contributed by atoms with E-state index >= 15 is 0 Å². The lowest BCUT2D eigenvalue weighted by Crippen LogP contribution is -2.10. The number of halogens is 1. The average molecular weight is 432 g/mol. The van der Waals surface area contributed by atoms with E-state index in [9.17, 15) is 9.18 Å². The zero-order valence-corrected chi connectivity index (χ0v) is 17.6. The molecule has 2 aromatic carbocycles. The number of carbonyl (C=O) groups excluding carboxylic acids is 1. The van der Waals surface area contributed by atoms with Crippen LogP contribution in [0.4, 0.5) is 10.1 Å². The van der Waals surface area contributed by atoms with Crippen molar-refractivity contribution in [3.63, 3.8) is 0 Å². The van der Waals surface area contributed by atoms with Gasteiger partial charge in [-0.05, 0) is 40.8 Å². The van der Waals surface area contributed by atoms with Crippen LogP contribution in [0.2, 0.25) is 0 Å². The molecule has 0 unspecified atom stereocenters. The first-order valence-corrected chi connectivity index (χ1v) is 10.1. The molecule has 6 nitrogen and oxygen atoms in total. The van der Waals surface area contributed by atoms with Gasteiger partial charge in [0.25, 0.3) is 0 Å². The summed E-state index contributed by atoms with van der Waals surface area (Å²) in [6.45, 7) is 8.17. The Morgan fingerprint density at radius 3 is 2.81 bits per heavy atom. The van der Waals surface area contributed by atoms with Crippen molar-refractivity contribution in [2.24, 2.45) is 0 Å². The number of nitrogens with zero attached hydrogens (tertiary/aromatic N) is 2. The lowest BCUT2D eigenvalue weighted by molar-refractivity contribution is -0.139. The van der Waals surface area contributed by atoms with Crippen molar-refractivity contribution in [3.05, 3.63) is 88.0 Å². The predicted molar refractivity (Wildman–Crippen MR) is 116 cm³/mol. The fourth-order valence-electron chi connectivity index (χ4n) is 3.59. The van der Waals surface area contributed by atoms with Crippen LogP contribution >= 0.6 is 0 Å². The number of fused-ring (bicyclic) bond motifs is 6. The molecule has 0 spiro atoms. The van der Waals surface area contributed by atoms with Crippen molar-refractivity contribution < 1.29 is 23.4 Å². The lowest BCUT2D eigenvalue weighted by Gasteiger charge is -2.16. The molecule has 4 rings (SSSR count). The Kier molecular flexibility index (Phi) is 6.43. The van der Waals surface area contributed by atoms with Crippen molar-refractivity contribution in [1.82, 2.24) is 4.98 Å². The van der Waals surface area contributed by atoms with E-state index in [1.54, 1.807) is 24.3 Å². The standard InChI is InChI=1S/C25H21FN2O4/c1-27-21-6-5-19-15-32-23-8-7-22(26)25(28-23)18-4-3-16(13-24(29)30-2)20(11-18)14-31-10-9-17(19)12-21/h3-8,11-12H,9-10,13-15H2,2H3. The van der Waals surface area contributed by atoms with Gasteiger partial charge in [-0.2, -0.15) is 0 Å². The molecule has 0 atom stereocenters. The molecular formula is C25H21FN2O4. The molecule has 0 aliphatic carbocycles. The maximum Gasteiger partial charge on any atom is 0.309 e. The minimum absolute atomic E-state index is 0.0890. The van der Waals surface area contributed by atoms with Crippen LogP contribution in [0.25, 0.3) is 16.1 Å². The van der Waals surface area contributed by atoms with Gasteiger partial charge in [0, 0.05) is 11.6 Å². The number of methoxy groups -OCH3 is 1. The maximum atomic E-state index is 14.6. The minimum atomic E-state index is -0.473. The Morgan fingerprint density at radius 2 is 2.00 bits per heavy atom. The molecule has 1 aliphatic rings. The van der Waals surface area contributed by atoms with Crippen LogP contribution in [0.5, 0.6) is 5.88 Å². The second-order valence-corrected chi connectivity index (χ2v) is 7.37. The fraction of sp³-hybridized carbons (Fsp3) is 0.240. The summed E-state index contributed by atoms with van der Waals surface area (Å²) < 4.78 is 31.2. The SMILES string of the molecule is [C-]#[N+]c1ccc2c(c1)CCOCc1cc(ccc1CC(=O)OC)-c1nc(ccc1F)OC2. The van der Waals surface area contributed by atoms with E-state index < -0.39 is 5.82 Å². The largest absolute Gasteiger partial charge is 0.473 e. The molecule has 0 N–H and O–H groups in total. The Hall–Kier alpha value is -3.76. The van der Waals surface area contributed by atoms with Crippen LogP contribution in [0.1, 0.15) is 22.3 Å². The highest BCUT2D eigenvalue weighted by Gasteiger charge is 2.15. The summed E-state index contributed by atoms with van der Waals surface area (Å²) in [5.41, 5.74) is 4.63. The highest BCUT2D eigenvalue weighted by atomic mass is 19.1. The molecule has 0 radical (unpaired) electrons. The van der Waals surface area contributed by atoms with Crippen LogP contribution in [0.3, 0.4) is 0 Å². The van der Waals surface area contributed by atoms with Crippen LogP contribution < -0.4 is 4.74 Å². The van der Waals surface area contributed by atoms with Gasteiger partial charge in [0.1, 0.15) is 18.1 Å². The molecule has 0 amide bonds. The van der Waals surface area contributed by atoms with Crippen molar-refractivity contribution in [1.29, 1.82) is 0 Å². The van der Waals surface area contributed by atoms with Gasteiger partial charge in [0.2, 0.25) is 5.88 Å². The number of esters is 1. The number of pyridine rings is 1. The molecule has 2 heterocycles. The van der Waals surface area contributed by atoms with Crippen molar-refractivity contribution >= 4 is 11.7 Å². The summed E-state index contributed by atoms with van der Waals surface area (Å²) in [6.07, 6.45) is 0.682. The third kappa shape index (κ3) is 4.76. The topological polar surface area (TPSA) is 62.0 Å². The molecule has 1 aromatic heterocycles. The Morgan fingerprint density at radius 1 is 1.12 bits per heavy atom. The first-order valence-electron chi connectivity index (χ1n) is 10.1. The molecule has 32 heavy (non-hydrogen) atoms. The summed E-state index contributed by atoms with van der Waals surface area (Å²) in [4.78, 5) is 19.7. The van der Waals surface area contributed by atoms with Crippen LogP contribution in [0, 0.1) is 12.4 Å². The number of hydrogen-bond donors (Lipinski definition) is 0. The number of rotatable bonds is 2. The van der Waals surface area contributed by atoms with Crippen LogP contribution in [-0.2, 0) is 40.3 Å². The second kappa shape index (κ2) is 9.58. The third-order valence-electron chi connectivity index (χ3n) is 5.33. The van der Waals surface area contributed by atoms with Crippen LogP contribution in [-0.4, -0.2) is 24.7 Å². The van der Waals surface area contributed by atoms with Gasteiger partial charge in [-0.3, -0.25) is 4.79 Å². The minimum Gasteiger partial charge on any atom is -0.473 e. The quantitative estimate of drug-likeness (QED) is 0.430. The number of ether oxygens (including phenoxy) is 3. The summed E-state index contributed by atoms with van der Waals surface area (Å²) in [6, 6.07) is 13.5. The highest BCUT2D eigenvalue weighted by Crippen LogP contribution is 2.28. The molecule has 3 aromatic rings. The van der Waals surface area contributed by atoms with E-state index in [0.717, 1.165) is 22.3 Å². The Labute approximate surface area is 185 Å². The molecule has 1 aliphatic heterocycles. The van der Waals surface area contributed by atoms with E-state index in [1.165, 1.54) is 19.2 Å². The molecule has 0 fully saturated rings.